The van der Waals surface area contributed by atoms with Crippen LogP contribution in [0, 0.1) is 5.41 Å². The van der Waals surface area contributed by atoms with E-state index in [1.807, 2.05) is 0 Å². The maximum absolute atomic E-state index is 11.1. The number of aliphatic hydroxyl groups is 1. The van der Waals surface area contributed by atoms with Crippen LogP contribution in [0.2, 0.25) is 0 Å². The SMILES string of the molecule is COC(=O)CC1(CO)CCOCC1. The van der Waals surface area contributed by atoms with Gasteiger partial charge < -0.3 is 14.6 Å². The second-order valence-electron chi connectivity index (χ2n) is 3.52. The summed E-state index contributed by atoms with van der Waals surface area (Å²) < 4.78 is 9.77. The highest BCUT2D eigenvalue weighted by atomic mass is 16.5. The zero-order chi connectivity index (χ0) is 9.73. The maximum Gasteiger partial charge on any atom is 0.306 e. The molecular formula is C9H16O4. The minimum Gasteiger partial charge on any atom is -0.469 e. The number of rotatable bonds is 3. The Morgan fingerprint density at radius 2 is 2.15 bits per heavy atom. The van der Waals surface area contributed by atoms with Crippen LogP contribution in [-0.4, -0.2) is 38.0 Å². The fourth-order valence-corrected chi connectivity index (χ4v) is 1.57. The van der Waals surface area contributed by atoms with Crippen molar-refractivity contribution in [2.75, 3.05) is 26.9 Å². The predicted octanol–water partition coefficient (Wildman–Crippen LogP) is 0.339. The lowest BCUT2D eigenvalue weighted by Crippen LogP contribution is -2.35. The molecule has 4 nitrogen and oxygen atoms in total. The molecule has 0 radical (unpaired) electrons. The zero-order valence-electron chi connectivity index (χ0n) is 7.91. The molecule has 0 atom stereocenters. The lowest BCUT2D eigenvalue weighted by Gasteiger charge is -2.34. The molecule has 1 aliphatic heterocycles. The molecule has 13 heavy (non-hydrogen) atoms. The fraction of sp³-hybridized carbons (Fsp3) is 0.889. The van der Waals surface area contributed by atoms with Gasteiger partial charge in [0.05, 0.1) is 13.5 Å². The molecule has 0 aliphatic carbocycles. The van der Waals surface area contributed by atoms with E-state index in [4.69, 9.17) is 4.74 Å². The van der Waals surface area contributed by atoms with Gasteiger partial charge in [0.1, 0.15) is 0 Å². The summed E-state index contributed by atoms with van der Waals surface area (Å²) in [4.78, 5) is 11.1. The average Bonchev–Trinajstić information content (AvgIpc) is 2.19. The molecule has 0 amide bonds. The van der Waals surface area contributed by atoms with E-state index >= 15 is 0 Å². The van der Waals surface area contributed by atoms with Crippen LogP contribution in [0.5, 0.6) is 0 Å². The molecule has 76 valence electrons. The van der Waals surface area contributed by atoms with Gasteiger partial charge >= 0.3 is 5.97 Å². The first-order chi connectivity index (χ1) is 6.22. The first-order valence-corrected chi connectivity index (χ1v) is 4.48. The van der Waals surface area contributed by atoms with Crippen LogP contribution in [0.3, 0.4) is 0 Å². The molecule has 1 fully saturated rings. The van der Waals surface area contributed by atoms with Gasteiger partial charge in [0.2, 0.25) is 0 Å². The average molecular weight is 188 g/mol. The predicted molar refractivity (Wildman–Crippen MR) is 46.2 cm³/mol. The summed E-state index contributed by atoms with van der Waals surface area (Å²) in [6.07, 6.45) is 1.76. The molecule has 1 rings (SSSR count). The third-order valence-electron chi connectivity index (χ3n) is 2.64. The largest absolute Gasteiger partial charge is 0.469 e. The molecule has 1 aliphatic rings. The Bertz CT molecular complexity index is 172. The number of carbonyl (C=O) groups excluding carboxylic acids is 1. The van der Waals surface area contributed by atoms with Crippen molar-refractivity contribution in [2.24, 2.45) is 5.41 Å². The van der Waals surface area contributed by atoms with Gasteiger partial charge in [-0.2, -0.15) is 0 Å². The minimum atomic E-state index is -0.300. The highest BCUT2D eigenvalue weighted by Crippen LogP contribution is 2.33. The molecule has 1 heterocycles. The molecule has 0 bridgehead atoms. The third-order valence-corrected chi connectivity index (χ3v) is 2.64. The second-order valence-corrected chi connectivity index (χ2v) is 3.52. The van der Waals surface area contributed by atoms with Crippen molar-refractivity contribution in [3.8, 4) is 0 Å². The molecule has 0 aromatic heterocycles. The van der Waals surface area contributed by atoms with E-state index in [0.717, 1.165) is 12.8 Å². The first kappa shape index (κ1) is 10.5. The van der Waals surface area contributed by atoms with E-state index in [2.05, 4.69) is 4.74 Å². The van der Waals surface area contributed by atoms with Gasteiger partial charge in [-0.3, -0.25) is 4.79 Å². The number of hydrogen-bond acceptors (Lipinski definition) is 4. The van der Waals surface area contributed by atoms with Crippen molar-refractivity contribution < 1.29 is 19.4 Å². The number of methoxy groups -OCH3 is 1. The van der Waals surface area contributed by atoms with E-state index in [1.165, 1.54) is 7.11 Å². The van der Waals surface area contributed by atoms with Crippen LogP contribution in [0.4, 0.5) is 0 Å². The molecule has 0 spiro atoms. The van der Waals surface area contributed by atoms with Crippen LogP contribution in [0.25, 0.3) is 0 Å². The Kier molecular flexibility index (Phi) is 3.69. The van der Waals surface area contributed by atoms with E-state index in [0.29, 0.717) is 19.6 Å². The molecule has 0 aromatic carbocycles. The van der Waals surface area contributed by atoms with Gasteiger partial charge in [0.15, 0.2) is 0 Å². The van der Waals surface area contributed by atoms with Crippen molar-refractivity contribution >= 4 is 5.97 Å². The number of esters is 1. The van der Waals surface area contributed by atoms with E-state index in [9.17, 15) is 9.90 Å². The van der Waals surface area contributed by atoms with Crippen molar-refractivity contribution in [3.63, 3.8) is 0 Å². The number of aliphatic hydroxyl groups excluding tert-OH is 1. The summed E-state index contributed by atoms with van der Waals surface area (Å²) in [6.45, 7) is 1.28. The van der Waals surface area contributed by atoms with Crippen LogP contribution >= 0.6 is 0 Å². The molecule has 0 aromatic rings. The van der Waals surface area contributed by atoms with Crippen molar-refractivity contribution in [2.45, 2.75) is 19.3 Å². The monoisotopic (exact) mass is 188 g/mol. The van der Waals surface area contributed by atoms with Crippen molar-refractivity contribution in [1.29, 1.82) is 0 Å². The summed E-state index contributed by atoms with van der Waals surface area (Å²) in [5.74, 6) is -0.254. The van der Waals surface area contributed by atoms with Crippen LogP contribution in [0.15, 0.2) is 0 Å². The molecule has 1 saturated heterocycles. The lowest BCUT2D eigenvalue weighted by atomic mass is 9.78. The van der Waals surface area contributed by atoms with E-state index < -0.39 is 0 Å². The Morgan fingerprint density at radius 1 is 1.54 bits per heavy atom. The van der Waals surface area contributed by atoms with Crippen LogP contribution in [0.1, 0.15) is 19.3 Å². The third kappa shape index (κ3) is 2.67. The van der Waals surface area contributed by atoms with E-state index in [1.54, 1.807) is 0 Å². The van der Waals surface area contributed by atoms with Crippen LogP contribution in [-0.2, 0) is 14.3 Å². The van der Waals surface area contributed by atoms with Gasteiger partial charge in [-0.1, -0.05) is 0 Å². The fourth-order valence-electron chi connectivity index (χ4n) is 1.57. The first-order valence-electron chi connectivity index (χ1n) is 4.48. The van der Waals surface area contributed by atoms with Gasteiger partial charge in [0, 0.05) is 25.2 Å². The molecule has 1 N–H and O–H groups in total. The van der Waals surface area contributed by atoms with Gasteiger partial charge in [0.25, 0.3) is 0 Å². The quantitative estimate of drug-likeness (QED) is 0.649. The van der Waals surface area contributed by atoms with E-state index in [-0.39, 0.29) is 18.0 Å². The number of ether oxygens (including phenoxy) is 2. The van der Waals surface area contributed by atoms with Crippen molar-refractivity contribution in [1.82, 2.24) is 0 Å². The topological polar surface area (TPSA) is 55.8 Å². The molecule has 0 saturated carbocycles. The Morgan fingerprint density at radius 3 is 2.62 bits per heavy atom. The highest BCUT2D eigenvalue weighted by molar-refractivity contribution is 5.70. The summed E-state index contributed by atoms with van der Waals surface area (Å²) in [7, 11) is 1.37. The normalized spacial score (nSPS) is 21.1. The minimum absolute atomic E-state index is 0.0332. The second kappa shape index (κ2) is 4.58. The molecule has 0 unspecified atom stereocenters. The lowest BCUT2D eigenvalue weighted by molar-refractivity contribution is -0.146. The van der Waals surface area contributed by atoms with Gasteiger partial charge in [-0.15, -0.1) is 0 Å². The highest BCUT2D eigenvalue weighted by Gasteiger charge is 2.34. The smallest absolute Gasteiger partial charge is 0.306 e. The summed E-state index contributed by atoms with van der Waals surface area (Å²) in [5, 5.41) is 9.22. The van der Waals surface area contributed by atoms with Crippen molar-refractivity contribution in [3.05, 3.63) is 0 Å². The summed E-state index contributed by atoms with van der Waals surface area (Å²) >= 11 is 0. The van der Waals surface area contributed by atoms with Gasteiger partial charge in [-0.25, -0.2) is 0 Å². The van der Waals surface area contributed by atoms with Gasteiger partial charge in [-0.05, 0) is 12.8 Å². The maximum atomic E-state index is 11.1. The number of hydrogen-bond donors (Lipinski definition) is 1. The molecule has 4 heteroatoms. The Balaban J connectivity index is 2.52. The summed E-state index contributed by atoms with van der Waals surface area (Å²) in [6, 6.07) is 0. The zero-order valence-corrected chi connectivity index (χ0v) is 7.91. The standard InChI is InChI=1S/C9H16O4/c1-12-8(11)6-9(7-10)2-4-13-5-3-9/h10H,2-7H2,1H3. The Hall–Kier alpha value is -0.610. The molecular weight excluding hydrogens is 172 g/mol. The van der Waals surface area contributed by atoms with Crippen LogP contribution < -0.4 is 0 Å². The number of carbonyl (C=O) groups is 1. The summed E-state index contributed by atoms with van der Waals surface area (Å²) in [5.41, 5.74) is -0.300. The Labute approximate surface area is 77.8 Å².